The van der Waals surface area contributed by atoms with Gasteiger partial charge in [0, 0.05) is 12.1 Å². The van der Waals surface area contributed by atoms with Crippen LogP contribution in [0.15, 0.2) is 0 Å². The zero-order valence-electron chi connectivity index (χ0n) is 8.92. The molecule has 0 aromatic carbocycles. The highest BCUT2D eigenvalue weighted by molar-refractivity contribution is 6.27. The topological polar surface area (TPSA) is 32.3 Å². The van der Waals surface area contributed by atoms with Gasteiger partial charge in [0.25, 0.3) is 0 Å². The van der Waals surface area contributed by atoms with Crippen LogP contribution < -0.4 is 5.32 Å². The van der Waals surface area contributed by atoms with Crippen LogP contribution in [0, 0.1) is 0 Å². The summed E-state index contributed by atoms with van der Waals surface area (Å²) in [5.74, 6) is 0.0156. The monoisotopic (exact) mass is 218 g/mol. The Hall–Kier alpha value is -0.280. The highest BCUT2D eigenvalue weighted by Crippen LogP contribution is 2.21. The van der Waals surface area contributed by atoms with Gasteiger partial charge in [-0.3, -0.25) is 4.79 Å². The van der Waals surface area contributed by atoms with Crippen molar-refractivity contribution < 1.29 is 4.79 Å². The third-order valence-corrected chi connectivity index (χ3v) is 3.10. The Morgan fingerprint density at radius 2 is 2.07 bits per heavy atom. The molecule has 2 atom stereocenters. The first kappa shape index (κ1) is 11.8. The van der Waals surface area contributed by atoms with Crippen molar-refractivity contribution in [3.05, 3.63) is 0 Å². The summed E-state index contributed by atoms with van der Waals surface area (Å²) in [6, 6.07) is 0.751. The molecular formula is C10H19ClN2O. The Balaban J connectivity index is 2.49. The highest BCUT2D eigenvalue weighted by atomic mass is 35.5. The van der Waals surface area contributed by atoms with E-state index in [-0.39, 0.29) is 17.8 Å². The summed E-state index contributed by atoms with van der Waals surface area (Å²) in [5.41, 5.74) is 0. The van der Waals surface area contributed by atoms with Crippen molar-refractivity contribution in [1.82, 2.24) is 10.2 Å². The summed E-state index contributed by atoms with van der Waals surface area (Å²) >= 11 is 5.47. The van der Waals surface area contributed by atoms with E-state index in [4.69, 9.17) is 11.6 Å². The number of hydrogen-bond acceptors (Lipinski definition) is 2. The van der Waals surface area contributed by atoms with E-state index in [1.54, 1.807) is 0 Å². The first-order valence-corrected chi connectivity index (χ1v) is 5.70. The molecule has 0 heterocycles. The minimum absolute atomic E-state index is 0.0505. The molecule has 1 N–H and O–H groups in total. The fourth-order valence-corrected chi connectivity index (χ4v) is 2.22. The normalized spacial score (nSPS) is 27.7. The Kier molecular flexibility index (Phi) is 4.69. The third-order valence-electron chi connectivity index (χ3n) is 2.86. The zero-order chi connectivity index (χ0) is 10.6. The molecule has 0 unspecified atom stereocenters. The zero-order valence-corrected chi connectivity index (χ0v) is 9.68. The van der Waals surface area contributed by atoms with Crippen molar-refractivity contribution in [1.29, 1.82) is 0 Å². The fourth-order valence-electron chi connectivity index (χ4n) is 2.14. The number of carbonyl (C=O) groups is 1. The van der Waals surface area contributed by atoms with Crippen molar-refractivity contribution in [2.45, 2.75) is 37.8 Å². The van der Waals surface area contributed by atoms with Gasteiger partial charge in [0.2, 0.25) is 5.91 Å². The molecule has 0 bridgehead atoms. The molecule has 0 saturated heterocycles. The second-order valence-corrected chi connectivity index (χ2v) is 4.39. The molecule has 1 amide bonds. The van der Waals surface area contributed by atoms with Crippen LogP contribution in [-0.4, -0.2) is 42.9 Å². The number of halogens is 1. The molecule has 14 heavy (non-hydrogen) atoms. The minimum atomic E-state index is -0.0505. The number of amides is 1. The van der Waals surface area contributed by atoms with Gasteiger partial charge in [-0.05, 0) is 26.9 Å². The molecule has 0 aromatic heterocycles. The average molecular weight is 219 g/mol. The summed E-state index contributed by atoms with van der Waals surface area (Å²) < 4.78 is 0. The van der Waals surface area contributed by atoms with Gasteiger partial charge in [0.05, 0.1) is 0 Å². The molecule has 0 spiro atoms. The summed E-state index contributed by atoms with van der Waals surface area (Å²) in [4.78, 5) is 13.4. The summed E-state index contributed by atoms with van der Waals surface area (Å²) in [6.07, 6.45) is 4.71. The van der Waals surface area contributed by atoms with Gasteiger partial charge in [0.15, 0.2) is 0 Å². The first-order valence-electron chi connectivity index (χ1n) is 5.17. The van der Waals surface area contributed by atoms with Crippen LogP contribution in [-0.2, 0) is 4.79 Å². The lowest BCUT2D eigenvalue weighted by atomic mass is 9.89. The third kappa shape index (κ3) is 3.14. The second-order valence-electron chi connectivity index (χ2n) is 4.12. The minimum Gasteiger partial charge on any atom is -0.351 e. The SMILES string of the molecule is CN(C)[C@@H]1CCCC[C@H]1NC(=O)CCl. The lowest BCUT2D eigenvalue weighted by molar-refractivity contribution is -0.120. The molecule has 0 aromatic rings. The number of likely N-dealkylation sites (N-methyl/N-ethyl adjacent to an activating group) is 1. The number of nitrogens with zero attached hydrogens (tertiary/aromatic N) is 1. The molecule has 1 aliphatic carbocycles. The van der Waals surface area contributed by atoms with Gasteiger partial charge in [-0.25, -0.2) is 0 Å². The lowest BCUT2D eigenvalue weighted by Crippen LogP contribution is -2.51. The van der Waals surface area contributed by atoms with Gasteiger partial charge < -0.3 is 10.2 Å². The fraction of sp³-hybridized carbons (Fsp3) is 0.900. The molecule has 82 valence electrons. The van der Waals surface area contributed by atoms with E-state index in [9.17, 15) is 4.79 Å². The van der Waals surface area contributed by atoms with Crippen molar-refractivity contribution in [2.24, 2.45) is 0 Å². The van der Waals surface area contributed by atoms with Crippen LogP contribution in [0.1, 0.15) is 25.7 Å². The maximum atomic E-state index is 11.2. The standard InChI is InChI=1S/C10H19ClN2O/c1-13(2)9-6-4-3-5-8(9)12-10(14)7-11/h8-9H,3-7H2,1-2H3,(H,12,14)/t8-,9-/m1/s1. The molecule has 3 nitrogen and oxygen atoms in total. The molecule has 0 radical (unpaired) electrons. The predicted octanol–water partition coefficient (Wildman–Crippen LogP) is 1.21. The van der Waals surface area contributed by atoms with Crippen LogP contribution in [0.5, 0.6) is 0 Å². The first-order chi connectivity index (χ1) is 6.65. The van der Waals surface area contributed by atoms with Crippen LogP contribution in [0.2, 0.25) is 0 Å². The van der Waals surface area contributed by atoms with Crippen LogP contribution in [0.4, 0.5) is 0 Å². The smallest absolute Gasteiger partial charge is 0.235 e. The van der Waals surface area contributed by atoms with E-state index in [0.717, 1.165) is 6.42 Å². The number of carbonyl (C=O) groups excluding carboxylic acids is 1. The average Bonchev–Trinajstić information content (AvgIpc) is 2.18. The second kappa shape index (κ2) is 5.56. The van der Waals surface area contributed by atoms with Crippen molar-refractivity contribution >= 4 is 17.5 Å². The summed E-state index contributed by atoms with van der Waals surface area (Å²) in [6.45, 7) is 0. The van der Waals surface area contributed by atoms with E-state index in [2.05, 4.69) is 24.3 Å². The molecule has 1 rings (SSSR count). The van der Waals surface area contributed by atoms with Gasteiger partial charge >= 0.3 is 0 Å². The van der Waals surface area contributed by atoms with E-state index in [1.165, 1.54) is 19.3 Å². The molecule has 1 aliphatic rings. The Bertz CT molecular complexity index is 197. The Morgan fingerprint density at radius 3 is 2.64 bits per heavy atom. The molecule has 1 fully saturated rings. The van der Waals surface area contributed by atoms with Crippen molar-refractivity contribution in [3.63, 3.8) is 0 Å². The van der Waals surface area contributed by atoms with Crippen LogP contribution in [0.25, 0.3) is 0 Å². The van der Waals surface area contributed by atoms with Crippen molar-refractivity contribution in [3.8, 4) is 0 Å². The molecule has 0 aliphatic heterocycles. The number of hydrogen-bond donors (Lipinski definition) is 1. The predicted molar refractivity (Wildman–Crippen MR) is 58.6 cm³/mol. The number of alkyl halides is 1. The largest absolute Gasteiger partial charge is 0.351 e. The Morgan fingerprint density at radius 1 is 1.43 bits per heavy atom. The molecule has 4 heteroatoms. The number of rotatable bonds is 3. The Labute approximate surface area is 90.8 Å². The maximum absolute atomic E-state index is 11.2. The van der Waals surface area contributed by atoms with Gasteiger partial charge in [-0.1, -0.05) is 12.8 Å². The summed E-state index contributed by atoms with van der Waals surface area (Å²) in [7, 11) is 4.13. The summed E-state index contributed by atoms with van der Waals surface area (Å²) in [5, 5.41) is 2.99. The van der Waals surface area contributed by atoms with Gasteiger partial charge in [0.1, 0.15) is 5.88 Å². The molecule has 1 saturated carbocycles. The van der Waals surface area contributed by atoms with Crippen LogP contribution in [0.3, 0.4) is 0 Å². The van der Waals surface area contributed by atoms with E-state index in [0.29, 0.717) is 6.04 Å². The van der Waals surface area contributed by atoms with E-state index in [1.807, 2.05) is 0 Å². The van der Waals surface area contributed by atoms with Gasteiger partial charge in [-0.2, -0.15) is 0 Å². The molecular weight excluding hydrogens is 200 g/mol. The quantitative estimate of drug-likeness (QED) is 0.723. The highest BCUT2D eigenvalue weighted by Gasteiger charge is 2.27. The van der Waals surface area contributed by atoms with E-state index < -0.39 is 0 Å². The van der Waals surface area contributed by atoms with Crippen molar-refractivity contribution in [2.75, 3.05) is 20.0 Å². The van der Waals surface area contributed by atoms with Gasteiger partial charge in [-0.15, -0.1) is 11.6 Å². The maximum Gasteiger partial charge on any atom is 0.235 e. The lowest BCUT2D eigenvalue weighted by Gasteiger charge is -2.36. The van der Waals surface area contributed by atoms with Crippen LogP contribution >= 0.6 is 11.6 Å². The van der Waals surface area contributed by atoms with E-state index >= 15 is 0 Å². The number of nitrogens with one attached hydrogen (secondary N) is 1.